The molecule has 0 aliphatic rings. The van der Waals surface area contributed by atoms with Crippen molar-refractivity contribution in [1.29, 1.82) is 0 Å². The van der Waals surface area contributed by atoms with Gasteiger partial charge in [0.1, 0.15) is 0 Å². The molecule has 1 heterocycles. The highest BCUT2D eigenvalue weighted by atomic mass is 35.5. The van der Waals surface area contributed by atoms with Crippen LogP contribution in [0.15, 0.2) is 36.4 Å². The standard InChI is InChI=1S/C14H17ClN2S.ClH/c1-2-17(10-13-6-7-14(15)18-13)9-11-4-3-5-12(16)8-11;/h3-8H,2,9-10,16H2,1H3;1H. The van der Waals surface area contributed by atoms with Gasteiger partial charge in [-0.25, -0.2) is 0 Å². The van der Waals surface area contributed by atoms with Crippen molar-refractivity contribution in [2.24, 2.45) is 0 Å². The summed E-state index contributed by atoms with van der Waals surface area (Å²) in [6.45, 7) is 5.02. The van der Waals surface area contributed by atoms with Gasteiger partial charge < -0.3 is 5.73 Å². The third-order valence-electron chi connectivity index (χ3n) is 2.81. The highest BCUT2D eigenvalue weighted by molar-refractivity contribution is 7.16. The summed E-state index contributed by atoms with van der Waals surface area (Å²) in [5.74, 6) is 0. The van der Waals surface area contributed by atoms with Crippen LogP contribution in [0, 0.1) is 0 Å². The van der Waals surface area contributed by atoms with Gasteiger partial charge in [-0.3, -0.25) is 4.90 Å². The number of hydrogen-bond acceptors (Lipinski definition) is 3. The molecule has 5 heteroatoms. The van der Waals surface area contributed by atoms with Crippen LogP contribution in [0.2, 0.25) is 4.34 Å². The highest BCUT2D eigenvalue weighted by Gasteiger charge is 2.07. The van der Waals surface area contributed by atoms with Crippen molar-refractivity contribution in [3.63, 3.8) is 0 Å². The summed E-state index contributed by atoms with van der Waals surface area (Å²) in [4.78, 5) is 3.67. The first-order valence-electron chi connectivity index (χ1n) is 5.98. The normalized spacial score (nSPS) is 10.5. The molecule has 0 aliphatic carbocycles. The van der Waals surface area contributed by atoms with Crippen molar-refractivity contribution >= 4 is 41.0 Å². The zero-order valence-electron chi connectivity index (χ0n) is 10.8. The third-order valence-corrected chi connectivity index (χ3v) is 4.03. The Morgan fingerprint density at radius 3 is 2.58 bits per heavy atom. The summed E-state index contributed by atoms with van der Waals surface area (Å²) < 4.78 is 0.852. The van der Waals surface area contributed by atoms with E-state index in [1.807, 2.05) is 24.3 Å². The number of halogens is 2. The van der Waals surface area contributed by atoms with Crippen LogP contribution in [0.25, 0.3) is 0 Å². The van der Waals surface area contributed by atoms with Crippen molar-refractivity contribution in [1.82, 2.24) is 4.90 Å². The number of benzene rings is 1. The summed E-state index contributed by atoms with van der Waals surface area (Å²) in [6, 6.07) is 12.1. The predicted octanol–water partition coefficient (Wildman–Crippen LogP) is 4.43. The largest absolute Gasteiger partial charge is 0.399 e. The van der Waals surface area contributed by atoms with Crippen LogP contribution in [-0.4, -0.2) is 11.4 Å². The molecule has 0 bridgehead atoms. The lowest BCUT2D eigenvalue weighted by Crippen LogP contribution is -2.21. The van der Waals surface area contributed by atoms with Gasteiger partial charge in [0.15, 0.2) is 0 Å². The van der Waals surface area contributed by atoms with Crippen LogP contribution in [0.4, 0.5) is 5.69 Å². The fraction of sp³-hybridized carbons (Fsp3) is 0.286. The summed E-state index contributed by atoms with van der Waals surface area (Å²) in [5.41, 5.74) is 7.87. The lowest BCUT2D eigenvalue weighted by Gasteiger charge is -2.19. The number of rotatable bonds is 5. The van der Waals surface area contributed by atoms with Gasteiger partial charge in [0.2, 0.25) is 0 Å². The number of nitrogens with two attached hydrogens (primary N) is 1. The van der Waals surface area contributed by atoms with Crippen molar-refractivity contribution in [2.75, 3.05) is 12.3 Å². The molecule has 0 saturated carbocycles. The molecule has 0 fully saturated rings. The molecule has 0 atom stereocenters. The van der Waals surface area contributed by atoms with E-state index in [-0.39, 0.29) is 12.4 Å². The monoisotopic (exact) mass is 316 g/mol. The second kappa shape index (κ2) is 7.75. The second-order valence-corrected chi connectivity index (χ2v) is 6.05. The summed E-state index contributed by atoms with van der Waals surface area (Å²) >= 11 is 7.60. The molecule has 2 rings (SSSR count). The molecule has 2 nitrogen and oxygen atoms in total. The number of anilines is 1. The predicted molar refractivity (Wildman–Crippen MR) is 87.2 cm³/mol. The van der Waals surface area contributed by atoms with E-state index in [2.05, 4.69) is 24.0 Å². The molecule has 0 saturated heterocycles. The maximum absolute atomic E-state index is 5.95. The number of nitrogens with zero attached hydrogens (tertiary/aromatic N) is 1. The molecule has 0 spiro atoms. The Balaban J connectivity index is 0.00000180. The van der Waals surface area contributed by atoms with Crippen molar-refractivity contribution in [2.45, 2.75) is 20.0 Å². The van der Waals surface area contributed by atoms with Gasteiger partial charge in [-0.05, 0) is 36.4 Å². The maximum atomic E-state index is 5.95. The topological polar surface area (TPSA) is 29.3 Å². The summed E-state index contributed by atoms with van der Waals surface area (Å²) in [5, 5.41) is 0. The molecular formula is C14H18Cl2N2S. The Bertz CT molecular complexity index is 514. The summed E-state index contributed by atoms with van der Waals surface area (Å²) in [6.07, 6.45) is 0. The Hall–Kier alpha value is -0.740. The first-order valence-corrected chi connectivity index (χ1v) is 7.18. The van der Waals surface area contributed by atoms with E-state index < -0.39 is 0 Å². The lowest BCUT2D eigenvalue weighted by atomic mass is 10.2. The first-order chi connectivity index (χ1) is 8.67. The van der Waals surface area contributed by atoms with Gasteiger partial charge >= 0.3 is 0 Å². The van der Waals surface area contributed by atoms with Crippen LogP contribution in [0.5, 0.6) is 0 Å². The Kier molecular flexibility index (Phi) is 6.66. The Morgan fingerprint density at radius 1 is 1.21 bits per heavy atom. The molecule has 2 N–H and O–H groups in total. The van der Waals surface area contributed by atoms with Crippen LogP contribution in [0.3, 0.4) is 0 Å². The van der Waals surface area contributed by atoms with E-state index in [0.717, 1.165) is 29.7 Å². The van der Waals surface area contributed by atoms with Crippen molar-refractivity contribution in [3.8, 4) is 0 Å². The second-order valence-electron chi connectivity index (χ2n) is 4.25. The fourth-order valence-electron chi connectivity index (χ4n) is 1.89. The molecule has 0 aliphatic heterocycles. The minimum atomic E-state index is 0. The van der Waals surface area contributed by atoms with Gasteiger partial charge in [0, 0.05) is 23.7 Å². The van der Waals surface area contributed by atoms with Gasteiger partial charge in [-0.1, -0.05) is 30.7 Å². The first kappa shape index (κ1) is 16.3. The van der Waals surface area contributed by atoms with Crippen molar-refractivity contribution < 1.29 is 0 Å². The van der Waals surface area contributed by atoms with E-state index in [1.54, 1.807) is 11.3 Å². The van der Waals surface area contributed by atoms with Crippen molar-refractivity contribution in [3.05, 3.63) is 51.2 Å². The Morgan fingerprint density at radius 2 is 2.00 bits per heavy atom. The van der Waals surface area contributed by atoms with E-state index in [4.69, 9.17) is 17.3 Å². The van der Waals surface area contributed by atoms with Crippen LogP contribution in [0.1, 0.15) is 17.4 Å². The Labute approximate surface area is 129 Å². The smallest absolute Gasteiger partial charge is 0.0931 e. The highest BCUT2D eigenvalue weighted by Crippen LogP contribution is 2.23. The van der Waals surface area contributed by atoms with E-state index in [0.29, 0.717) is 0 Å². The third kappa shape index (κ3) is 5.03. The number of hydrogen-bond donors (Lipinski definition) is 1. The SMILES string of the molecule is CCN(Cc1cccc(N)c1)Cc1ccc(Cl)s1.Cl. The molecular weight excluding hydrogens is 299 g/mol. The minimum Gasteiger partial charge on any atom is -0.399 e. The molecule has 19 heavy (non-hydrogen) atoms. The van der Waals surface area contributed by atoms with E-state index in [1.165, 1.54) is 10.4 Å². The average Bonchev–Trinajstić information content (AvgIpc) is 2.74. The van der Waals surface area contributed by atoms with Crippen LogP contribution in [-0.2, 0) is 13.1 Å². The molecule has 1 aromatic heterocycles. The lowest BCUT2D eigenvalue weighted by molar-refractivity contribution is 0.274. The average molecular weight is 317 g/mol. The minimum absolute atomic E-state index is 0. The number of thiophene rings is 1. The quantitative estimate of drug-likeness (QED) is 0.827. The van der Waals surface area contributed by atoms with Crippen LogP contribution >= 0.6 is 35.3 Å². The fourth-order valence-corrected chi connectivity index (χ4v) is 3.02. The zero-order valence-corrected chi connectivity index (χ0v) is 13.2. The summed E-state index contributed by atoms with van der Waals surface area (Å²) in [7, 11) is 0. The van der Waals surface area contributed by atoms with E-state index in [9.17, 15) is 0 Å². The van der Waals surface area contributed by atoms with Gasteiger partial charge in [0.25, 0.3) is 0 Å². The number of nitrogen functional groups attached to an aromatic ring is 1. The molecule has 104 valence electrons. The molecule has 1 aromatic carbocycles. The maximum Gasteiger partial charge on any atom is 0.0931 e. The molecule has 2 aromatic rings. The van der Waals surface area contributed by atoms with E-state index >= 15 is 0 Å². The molecule has 0 radical (unpaired) electrons. The molecule has 0 unspecified atom stereocenters. The van der Waals surface area contributed by atoms with Gasteiger partial charge in [0.05, 0.1) is 4.34 Å². The zero-order chi connectivity index (χ0) is 13.0. The van der Waals surface area contributed by atoms with Gasteiger partial charge in [-0.2, -0.15) is 0 Å². The molecule has 0 amide bonds. The van der Waals surface area contributed by atoms with Gasteiger partial charge in [-0.15, -0.1) is 23.7 Å². The van der Waals surface area contributed by atoms with Crippen LogP contribution < -0.4 is 5.73 Å².